The summed E-state index contributed by atoms with van der Waals surface area (Å²) in [7, 11) is 1.57. The largest absolute Gasteiger partial charge is 0.492 e. The molecular weight excluding hydrogens is 513 g/mol. The molecule has 0 unspecified atom stereocenters. The molecule has 1 aliphatic rings. The Morgan fingerprint density at radius 1 is 1.33 bits per heavy atom. The van der Waals surface area contributed by atoms with E-state index in [9.17, 15) is 15.3 Å². The van der Waals surface area contributed by atoms with Crippen molar-refractivity contribution in [2.24, 2.45) is 0 Å². The maximum Gasteiger partial charge on any atom is 0.266 e. The number of thiophene rings is 1. The number of nitrogens with zero attached hydrogens (tertiary/aromatic N) is 2. The maximum atomic E-state index is 12.8. The number of fused-ring (bicyclic) bond motifs is 1. The average Bonchev–Trinajstić information content (AvgIpc) is 3.08. The summed E-state index contributed by atoms with van der Waals surface area (Å²) in [4.78, 5) is 13.9. The van der Waals surface area contributed by atoms with Gasteiger partial charge in [0.05, 0.1) is 22.9 Å². The van der Waals surface area contributed by atoms with Crippen molar-refractivity contribution in [1.29, 1.82) is 10.5 Å². The third kappa shape index (κ3) is 4.61. The Labute approximate surface area is 193 Å². The van der Waals surface area contributed by atoms with Crippen LogP contribution in [0, 0.1) is 26.2 Å². The van der Waals surface area contributed by atoms with E-state index in [1.54, 1.807) is 13.2 Å². The molecule has 0 aliphatic heterocycles. The first-order chi connectivity index (χ1) is 14.5. The summed E-state index contributed by atoms with van der Waals surface area (Å²) in [5, 5.41) is 22.4. The minimum atomic E-state index is -0.531. The van der Waals surface area contributed by atoms with Crippen molar-refractivity contribution in [3.63, 3.8) is 0 Å². The van der Waals surface area contributed by atoms with E-state index in [1.165, 1.54) is 17.4 Å². The molecule has 30 heavy (non-hydrogen) atoms. The Balaban J connectivity index is 1.91. The molecule has 6 nitrogen and oxygen atoms in total. The number of rotatable bonds is 6. The van der Waals surface area contributed by atoms with Crippen molar-refractivity contribution in [2.75, 3.05) is 19.0 Å². The lowest BCUT2D eigenvalue weighted by Crippen LogP contribution is -2.13. The molecule has 1 aliphatic carbocycles. The van der Waals surface area contributed by atoms with Crippen molar-refractivity contribution in [2.45, 2.75) is 32.6 Å². The van der Waals surface area contributed by atoms with Gasteiger partial charge in [0.1, 0.15) is 22.7 Å². The van der Waals surface area contributed by atoms with Gasteiger partial charge in [-0.1, -0.05) is 0 Å². The Kier molecular flexibility index (Phi) is 7.35. The van der Waals surface area contributed by atoms with Crippen LogP contribution in [-0.4, -0.2) is 19.6 Å². The molecule has 8 heteroatoms. The first kappa shape index (κ1) is 22.1. The summed E-state index contributed by atoms with van der Waals surface area (Å²) >= 11 is 3.56. The van der Waals surface area contributed by atoms with Crippen LogP contribution in [0.1, 0.15) is 41.3 Å². The molecule has 154 valence electrons. The van der Waals surface area contributed by atoms with Crippen molar-refractivity contribution < 1.29 is 14.3 Å². The van der Waals surface area contributed by atoms with Crippen LogP contribution in [0.4, 0.5) is 5.00 Å². The second kappa shape index (κ2) is 9.96. The van der Waals surface area contributed by atoms with Gasteiger partial charge in [-0.2, -0.15) is 10.5 Å². The third-order valence-electron chi connectivity index (χ3n) is 4.72. The fourth-order valence-corrected chi connectivity index (χ4v) is 5.47. The van der Waals surface area contributed by atoms with Gasteiger partial charge in [0.25, 0.3) is 5.91 Å². The van der Waals surface area contributed by atoms with Gasteiger partial charge < -0.3 is 14.8 Å². The van der Waals surface area contributed by atoms with E-state index in [1.807, 2.05) is 19.1 Å². The van der Waals surface area contributed by atoms with E-state index in [0.29, 0.717) is 34.2 Å². The van der Waals surface area contributed by atoms with Gasteiger partial charge in [-0.05, 0) is 84.5 Å². The first-order valence-corrected chi connectivity index (χ1v) is 11.4. The number of nitriles is 2. The number of hydrogen-bond donors (Lipinski definition) is 1. The summed E-state index contributed by atoms with van der Waals surface area (Å²) in [6.45, 7) is 2.33. The average molecular weight is 533 g/mol. The van der Waals surface area contributed by atoms with E-state index in [-0.39, 0.29) is 5.57 Å². The van der Waals surface area contributed by atoms with Gasteiger partial charge in [-0.3, -0.25) is 4.79 Å². The summed E-state index contributed by atoms with van der Waals surface area (Å²) in [5.41, 5.74) is 2.17. The van der Waals surface area contributed by atoms with Gasteiger partial charge in [-0.25, -0.2) is 0 Å². The van der Waals surface area contributed by atoms with Crippen LogP contribution in [0.5, 0.6) is 11.5 Å². The van der Waals surface area contributed by atoms with E-state index in [2.05, 4.69) is 34.0 Å². The number of amides is 1. The minimum absolute atomic E-state index is 0.0475. The summed E-state index contributed by atoms with van der Waals surface area (Å²) < 4.78 is 11.8. The van der Waals surface area contributed by atoms with Gasteiger partial charge in [0.2, 0.25) is 0 Å². The van der Waals surface area contributed by atoms with E-state index in [0.717, 1.165) is 39.7 Å². The zero-order chi connectivity index (χ0) is 21.7. The lowest BCUT2D eigenvalue weighted by atomic mass is 9.96. The lowest BCUT2D eigenvalue weighted by molar-refractivity contribution is -0.112. The number of carbonyl (C=O) groups excluding carboxylic acids is 1. The monoisotopic (exact) mass is 533 g/mol. The van der Waals surface area contributed by atoms with Crippen molar-refractivity contribution in [3.05, 3.63) is 42.8 Å². The Morgan fingerprint density at radius 2 is 2.10 bits per heavy atom. The topological polar surface area (TPSA) is 95.1 Å². The molecule has 1 N–H and O–H groups in total. The zero-order valence-electron chi connectivity index (χ0n) is 16.7. The number of anilines is 1. The SMILES string of the molecule is CCOc1cc(/C=C(\C#N)C(=O)Nc2sc3c(c2C#N)CCCC3)cc(I)c1OC. The lowest BCUT2D eigenvalue weighted by Gasteiger charge is -2.12. The van der Waals surface area contributed by atoms with Crippen molar-refractivity contribution in [3.8, 4) is 23.6 Å². The highest BCUT2D eigenvalue weighted by Gasteiger charge is 2.23. The smallest absolute Gasteiger partial charge is 0.266 e. The normalized spacial score (nSPS) is 13.0. The molecule has 0 saturated heterocycles. The third-order valence-corrected chi connectivity index (χ3v) is 6.73. The van der Waals surface area contributed by atoms with Gasteiger partial charge in [0.15, 0.2) is 11.5 Å². The fourth-order valence-electron chi connectivity index (χ4n) is 3.39. The molecule has 0 spiro atoms. The standard InChI is InChI=1S/C22H20IN3O3S/c1-3-29-18-10-13(9-17(23)20(18)28-2)8-14(11-24)21(27)26-22-16(12-25)15-6-4-5-7-19(15)30-22/h8-10H,3-7H2,1-2H3,(H,26,27)/b14-8+. The van der Waals surface area contributed by atoms with Crippen LogP contribution in [0.2, 0.25) is 0 Å². The van der Waals surface area contributed by atoms with Crippen LogP contribution >= 0.6 is 33.9 Å². The number of carbonyl (C=O) groups is 1. The molecular formula is C22H20IN3O3S. The highest BCUT2D eigenvalue weighted by atomic mass is 127. The predicted octanol–water partition coefficient (Wildman–Crippen LogP) is 5.06. The molecule has 0 bridgehead atoms. The number of aryl methyl sites for hydroxylation is 1. The van der Waals surface area contributed by atoms with E-state index >= 15 is 0 Å². The van der Waals surface area contributed by atoms with Gasteiger partial charge >= 0.3 is 0 Å². The number of methoxy groups -OCH3 is 1. The van der Waals surface area contributed by atoms with Crippen molar-refractivity contribution in [1.82, 2.24) is 0 Å². The summed E-state index contributed by atoms with van der Waals surface area (Å²) in [5.74, 6) is 0.630. The molecule has 1 aromatic heterocycles. The van der Waals surface area contributed by atoms with E-state index < -0.39 is 5.91 Å². The molecule has 3 rings (SSSR count). The molecule has 0 atom stereocenters. The highest BCUT2D eigenvalue weighted by Crippen LogP contribution is 2.38. The van der Waals surface area contributed by atoms with Gasteiger partial charge in [-0.15, -0.1) is 11.3 Å². The first-order valence-electron chi connectivity index (χ1n) is 9.50. The summed E-state index contributed by atoms with van der Waals surface area (Å²) in [6.07, 6.45) is 5.44. The Hall–Kier alpha value is -2.56. The molecule has 0 saturated carbocycles. The second-order valence-electron chi connectivity index (χ2n) is 6.62. The molecule has 1 heterocycles. The van der Waals surface area contributed by atoms with Crippen LogP contribution in [0.15, 0.2) is 17.7 Å². The minimum Gasteiger partial charge on any atom is -0.492 e. The molecule has 1 aromatic carbocycles. The quantitative estimate of drug-likeness (QED) is 0.319. The molecule has 2 aromatic rings. The number of halogens is 1. The number of hydrogen-bond acceptors (Lipinski definition) is 6. The summed E-state index contributed by atoms with van der Waals surface area (Å²) in [6, 6.07) is 7.74. The molecule has 0 fully saturated rings. The number of benzene rings is 1. The Morgan fingerprint density at radius 3 is 2.77 bits per heavy atom. The second-order valence-corrected chi connectivity index (χ2v) is 8.89. The van der Waals surface area contributed by atoms with Crippen LogP contribution in [0.3, 0.4) is 0 Å². The fraction of sp³-hybridized carbons (Fsp3) is 0.318. The Bertz CT molecular complexity index is 1090. The van der Waals surface area contributed by atoms with E-state index in [4.69, 9.17) is 9.47 Å². The maximum absolute atomic E-state index is 12.8. The molecule has 0 radical (unpaired) electrons. The van der Waals surface area contributed by atoms with Crippen molar-refractivity contribution >= 4 is 50.9 Å². The number of ether oxygens (including phenoxy) is 2. The van der Waals surface area contributed by atoms with Crippen LogP contribution in [-0.2, 0) is 17.6 Å². The zero-order valence-corrected chi connectivity index (χ0v) is 19.6. The molecule has 1 amide bonds. The number of nitrogens with one attached hydrogen (secondary N) is 1. The predicted molar refractivity (Wildman–Crippen MR) is 125 cm³/mol. The van der Waals surface area contributed by atoms with Crippen LogP contribution in [0.25, 0.3) is 6.08 Å². The van der Waals surface area contributed by atoms with Crippen LogP contribution < -0.4 is 14.8 Å². The van der Waals surface area contributed by atoms with Gasteiger partial charge in [0, 0.05) is 4.88 Å². The highest BCUT2D eigenvalue weighted by molar-refractivity contribution is 14.1.